The molecule has 0 unspecified atom stereocenters. The van der Waals surface area contributed by atoms with Crippen LogP contribution in [0.1, 0.15) is 58.8 Å². The average Bonchev–Trinajstić information content (AvgIpc) is 2.37. The molecule has 0 aromatic carbocycles. The van der Waals surface area contributed by atoms with E-state index >= 15 is 0 Å². The molecule has 0 heterocycles. The second kappa shape index (κ2) is 5.06. The van der Waals surface area contributed by atoms with Crippen LogP contribution in [0.5, 0.6) is 0 Å². The molecule has 0 aliphatic heterocycles. The highest BCUT2D eigenvalue weighted by molar-refractivity contribution is 5.83. The van der Waals surface area contributed by atoms with Gasteiger partial charge in [0.25, 0.3) is 0 Å². The molecule has 4 bridgehead atoms. The minimum absolute atomic E-state index is 0.0610. The van der Waals surface area contributed by atoms with Crippen molar-refractivity contribution < 1.29 is 4.79 Å². The van der Waals surface area contributed by atoms with Crippen LogP contribution >= 0.6 is 0 Å². The Morgan fingerprint density at radius 3 is 2.10 bits per heavy atom. The maximum absolute atomic E-state index is 13.2. The Bertz CT molecular complexity index is 399. The van der Waals surface area contributed by atoms with E-state index in [9.17, 15) is 4.79 Å². The lowest BCUT2D eigenvalue weighted by Gasteiger charge is -2.57. The molecule has 20 heavy (non-hydrogen) atoms. The fourth-order valence-electron chi connectivity index (χ4n) is 5.44. The Labute approximate surface area is 122 Å². The van der Waals surface area contributed by atoms with Crippen LogP contribution < -0.4 is 0 Å². The summed E-state index contributed by atoms with van der Waals surface area (Å²) in [5.41, 5.74) is -0.0610. The Morgan fingerprint density at radius 1 is 1.20 bits per heavy atom. The summed E-state index contributed by atoms with van der Waals surface area (Å²) in [6, 6.07) is 2.40. The second-order valence-electron chi connectivity index (χ2n) is 7.70. The molecule has 0 aromatic heterocycles. The first kappa shape index (κ1) is 13.9. The van der Waals surface area contributed by atoms with Crippen LogP contribution in [-0.4, -0.2) is 23.4 Å². The summed E-state index contributed by atoms with van der Waals surface area (Å²) in [7, 11) is 0. The van der Waals surface area contributed by atoms with E-state index in [0.717, 1.165) is 37.0 Å². The van der Waals surface area contributed by atoms with Gasteiger partial charge in [-0.1, -0.05) is 0 Å². The lowest BCUT2D eigenvalue weighted by Crippen LogP contribution is -2.56. The summed E-state index contributed by atoms with van der Waals surface area (Å²) in [5.74, 6) is 2.77. The molecule has 3 heteroatoms. The lowest BCUT2D eigenvalue weighted by atomic mass is 9.49. The number of carbonyl (C=O) groups excluding carboxylic acids is 1. The van der Waals surface area contributed by atoms with E-state index in [1.165, 1.54) is 19.3 Å². The van der Waals surface area contributed by atoms with E-state index in [-0.39, 0.29) is 11.5 Å². The van der Waals surface area contributed by atoms with Crippen LogP contribution in [0.4, 0.5) is 0 Å². The molecule has 0 saturated heterocycles. The van der Waals surface area contributed by atoms with Crippen molar-refractivity contribution in [2.45, 2.75) is 64.8 Å². The van der Waals surface area contributed by atoms with Crippen molar-refractivity contribution in [2.24, 2.45) is 23.2 Å². The Kier molecular flexibility index (Phi) is 3.52. The SMILES string of the molecule is CC(C)N(CCC#N)C(=O)C12CC3CC(CC(C3)C1)C2. The standard InChI is InChI=1S/C17H26N2O/c1-12(2)19(5-3-4-18)16(20)17-9-13-6-14(10-17)8-15(7-13)11-17/h12-15H,3,5-11H2,1-2H3. The number of nitrogens with zero attached hydrogens (tertiary/aromatic N) is 2. The third-order valence-corrected chi connectivity index (χ3v) is 5.84. The topological polar surface area (TPSA) is 44.1 Å². The van der Waals surface area contributed by atoms with Gasteiger partial charge in [-0.3, -0.25) is 4.79 Å². The third kappa shape index (κ3) is 2.24. The van der Waals surface area contributed by atoms with Crippen molar-refractivity contribution in [3.63, 3.8) is 0 Å². The fraction of sp³-hybridized carbons (Fsp3) is 0.882. The molecule has 0 N–H and O–H groups in total. The van der Waals surface area contributed by atoms with Gasteiger partial charge in [0.15, 0.2) is 0 Å². The highest BCUT2D eigenvalue weighted by Gasteiger charge is 2.55. The monoisotopic (exact) mass is 274 g/mol. The second-order valence-corrected chi connectivity index (χ2v) is 7.70. The number of nitriles is 1. The fourth-order valence-corrected chi connectivity index (χ4v) is 5.44. The van der Waals surface area contributed by atoms with E-state index in [2.05, 4.69) is 19.9 Å². The summed E-state index contributed by atoms with van der Waals surface area (Å²) in [4.78, 5) is 15.1. The van der Waals surface area contributed by atoms with E-state index in [0.29, 0.717) is 18.9 Å². The van der Waals surface area contributed by atoms with Crippen molar-refractivity contribution in [3.8, 4) is 6.07 Å². The van der Waals surface area contributed by atoms with Gasteiger partial charge in [0.2, 0.25) is 5.91 Å². The van der Waals surface area contributed by atoms with Gasteiger partial charge in [0, 0.05) is 12.6 Å². The van der Waals surface area contributed by atoms with Gasteiger partial charge in [0.1, 0.15) is 0 Å². The number of carbonyl (C=O) groups is 1. The molecule has 4 fully saturated rings. The largest absolute Gasteiger partial charge is 0.339 e. The smallest absolute Gasteiger partial charge is 0.229 e. The number of amides is 1. The van der Waals surface area contributed by atoms with Gasteiger partial charge in [-0.05, 0) is 70.1 Å². The molecule has 0 spiro atoms. The maximum atomic E-state index is 13.2. The molecular weight excluding hydrogens is 248 g/mol. The van der Waals surface area contributed by atoms with Crippen LogP contribution in [0.15, 0.2) is 0 Å². The third-order valence-electron chi connectivity index (χ3n) is 5.84. The van der Waals surface area contributed by atoms with Gasteiger partial charge < -0.3 is 4.90 Å². The van der Waals surface area contributed by atoms with Gasteiger partial charge in [-0.25, -0.2) is 0 Å². The highest BCUT2D eigenvalue weighted by Crippen LogP contribution is 2.60. The first-order chi connectivity index (χ1) is 9.54. The molecular formula is C17H26N2O. The number of rotatable bonds is 4. The molecule has 4 saturated carbocycles. The van der Waals surface area contributed by atoms with Crippen molar-refractivity contribution >= 4 is 5.91 Å². The zero-order valence-electron chi connectivity index (χ0n) is 12.8. The normalized spacial score (nSPS) is 38.0. The molecule has 4 aliphatic rings. The maximum Gasteiger partial charge on any atom is 0.229 e. The van der Waals surface area contributed by atoms with Gasteiger partial charge in [-0.2, -0.15) is 5.26 Å². The van der Waals surface area contributed by atoms with Gasteiger partial charge in [-0.15, -0.1) is 0 Å². The Balaban J connectivity index is 1.80. The van der Waals surface area contributed by atoms with Crippen LogP contribution in [0.25, 0.3) is 0 Å². The molecule has 3 nitrogen and oxygen atoms in total. The van der Waals surface area contributed by atoms with Crippen molar-refractivity contribution in [1.29, 1.82) is 5.26 Å². The molecule has 0 aromatic rings. The van der Waals surface area contributed by atoms with E-state index in [1.807, 2.05) is 4.90 Å². The minimum Gasteiger partial charge on any atom is -0.339 e. The quantitative estimate of drug-likeness (QED) is 0.789. The Morgan fingerprint density at radius 2 is 1.70 bits per heavy atom. The van der Waals surface area contributed by atoms with Crippen molar-refractivity contribution in [2.75, 3.05) is 6.54 Å². The molecule has 4 aliphatic carbocycles. The first-order valence-electron chi connectivity index (χ1n) is 8.22. The van der Waals surface area contributed by atoms with Crippen LogP contribution in [0.2, 0.25) is 0 Å². The van der Waals surface area contributed by atoms with Crippen molar-refractivity contribution in [3.05, 3.63) is 0 Å². The van der Waals surface area contributed by atoms with Crippen LogP contribution in [0.3, 0.4) is 0 Å². The zero-order valence-corrected chi connectivity index (χ0v) is 12.8. The van der Waals surface area contributed by atoms with Gasteiger partial charge >= 0.3 is 0 Å². The first-order valence-corrected chi connectivity index (χ1v) is 8.22. The molecule has 0 atom stereocenters. The predicted octanol–water partition coefficient (Wildman–Crippen LogP) is 3.35. The summed E-state index contributed by atoms with van der Waals surface area (Å²) < 4.78 is 0. The highest BCUT2D eigenvalue weighted by atomic mass is 16.2. The van der Waals surface area contributed by atoms with Crippen LogP contribution in [-0.2, 0) is 4.79 Å². The Hall–Kier alpha value is -1.04. The van der Waals surface area contributed by atoms with Gasteiger partial charge in [0.05, 0.1) is 17.9 Å². The molecule has 110 valence electrons. The lowest BCUT2D eigenvalue weighted by molar-refractivity contribution is -0.159. The van der Waals surface area contributed by atoms with E-state index < -0.39 is 0 Å². The minimum atomic E-state index is -0.0610. The molecule has 1 amide bonds. The van der Waals surface area contributed by atoms with Crippen LogP contribution in [0, 0.1) is 34.5 Å². The van der Waals surface area contributed by atoms with Crippen molar-refractivity contribution in [1.82, 2.24) is 4.90 Å². The van der Waals surface area contributed by atoms with E-state index in [4.69, 9.17) is 5.26 Å². The summed E-state index contributed by atoms with van der Waals surface area (Å²) in [6.07, 6.45) is 7.91. The predicted molar refractivity (Wildman–Crippen MR) is 77.7 cm³/mol. The zero-order chi connectivity index (χ0) is 14.3. The molecule has 4 rings (SSSR count). The average molecular weight is 274 g/mol. The van der Waals surface area contributed by atoms with E-state index in [1.54, 1.807) is 0 Å². The summed E-state index contributed by atoms with van der Waals surface area (Å²) in [5, 5.41) is 8.82. The summed E-state index contributed by atoms with van der Waals surface area (Å²) >= 11 is 0. The number of hydrogen-bond acceptors (Lipinski definition) is 2. The molecule has 0 radical (unpaired) electrons. The summed E-state index contributed by atoms with van der Waals surface area (Å²) in [6.45, 7) is 4.76. The number of hydrogen-bond donors (Lipinski definition) is 0.